The Balaban J connectivity index is 1.41. The Bertz CT molecular complexity index is 1290. The van der Waals surface area contributed by atoms with Crippen molar-refractivity contribution >= 4 is 17.5 Å². The van der Waals surface area contributed by atoms with Crippen molar-refractivity contribution < 1.29 is 8.78 Å². The summed E-state index contributed by atoms with van der Waals surface area (Å²) in [6, 6.07) is 12.0. The van der Waals surface area contributed by atoms with Crippen LogP contribution in [0, 0.1) is 18.7 Å². The van der Waals surface area contributed by atoms with Gasteiger partial charge in [-0.25, -0.2) is 19.3 Å². The monoisotopic (exact) mass is 476 g/mol. The summed E-state index contributed by atoms with van der Waals surface area (Å²) in [4.78, 5) is 17.6. The van der Waals surface area contributed by atoms with E-state index in [1.54, 1.807) is 12.1 Å². The Morgan fingerprint density at radius 3 is 2.43 bits per heavy atom. The second-order valence-electron chi connectivity index (χ2n) is 8.71. The standard InChI is InChI=1S/C25H26F2N8/c1-16-13-22(33-32-16)30-21-15-23(35-11-9-34(2)10-12-35)31-20(29-21)14-17-3-5-18(6-4-17)24-19(26)7-8-28-25(24)27/h3-8,13,15H,9-12,14H2,1-2H3,(H2,29,30,31,32,33). The molecule has 3 aromatic heterocycles. The molecule has 0 aliphatic carbocycles. The van der Waals surface area contributed by atoms with Crippen molar-refractivity contribution in [1.29, 1.82) is 0 Å². The Hall–Kier alpha value is -3.92. The average molecular weight is 477 g/mol. The molecule has 1 aliphatic heterocycles. The highest BCUT2D eigenvalue weighted by Crippen LogP contribution is 2.26. The number of halogens is 2. The van der Waals surface area contributed by atoms with Gasteiger partial charge in [0, 0.05) is 56.6 Å². The van der Waals surface area contributed by atoms with Crippen molar-refractivity contribution in [3.8, 4) is 11.1 Å². The van der Waals surface area contributed by atoms with Gasteiger partial charge in [-0.2, -0.15) is 9.49 Å². The minimum atomic E-state index is -0.828. The van der Waals surface area contributed by atoms with Gasteiger partial charge in [0.2, 0.25) is 5.95 Å². The fourth-order valence-electron chi connectivity index (χ4n) is 4.08. The number of aromatic nitrogens is 5. The number of H-pyrrole nitrogens is 1. The van der Waals surface area contributed by atoms with E-state index in [0.717, 1.165) is 55.5 Å². The fraction of sp³-hybridized carbons (Fsp3) is 0.280. The van der Waals surface area contributed by atoms with Crippen molar-refractivity contribution in [2.24, 2.45) is 0 Å². The van der Waals surface area contributed by atoms with E-state index in [1.165, 1.54) is 0 Å². The molecule has 0 saturated carbocycles. The van der Waals surface area contributed by atoms with Crippen LogP contribution in [0.3, 0.4) is 0 Å². The van der Waals surface area contributed by atoms with Crippen molar-refractivity contribution in [3.63, 3.8) is 0 Å². The highest BCUT2D eigenvalue weighted by molar-refractivity contribution is 5.64. The molecule has 0 unspecified atom stereocenters. The van der Waals surface area contributed by atoms with E-state index in [-0.39, 0.29) is 5.56 Å². The molecule has 0 atom stereocenters. The number of nitrogens with zero attached hydrogens (tertiary/aromatic N) is 6. The van der Waals surface area contributed by atoms with Gasteiger partial charge in [-0.3, -0.25) is 5.10 Å². The van der Waals surface area contributed by atoms with E-state index in [4.69, 9.17) is 9.97 Å². The van der Waals surface area contributed by atoms with Gasteiger partial charge < -0.3 is 15.1 Å². The Morgan fingerprint density at radius 2 is 1.74 bits per heavy atom. The van der Waals surface area contributed by atoms with Crippen LogP contribution in [0.1, 0.15) is 17.1 Å². The first-order valence-corrected chi connectivity index (χ1v) is 11.4. The van der Waals surface area contributed by atoms with Gasteiger partial charge in [0.05, 0.1) is 5.56 Å². The summed E-state index contributed by atoms with van der Waals surface area (Å²) >= 11 is 0. The van der Waals surface area contributed by atoms with Gasteiger partial charge in [0.25, 0.3) is 0 Å². The number of likely N-dealkylation sites (N-methyl/N-ethyl adjacent to an activating group) is 1. The maximum atomic E-state index is 14.1. The van der Waals surface area contributed by atoms with E-state index in [1.807, 2.05) is 31.2 Å². The number of hydrogen-bond acceptors (Lipinski definition) is 7. The van der Waals surface area contributed by atoms with Crippen molar-refractivity contribution in [3.05, 3.63) is 77.5 Å². The molecule has 180 valence electrons. The number of anilines is 3. The number of aromatic amines is 1. The van der Waals surface area contributed by atoms with Crippen LogP contribution >= 0.6 is 0 Å². The van der Waals surface area contributed by atoms with Crippen LogP contribution in [0.5, 0.6) is 0 Å². The summed E-state index contributed by atoms with van der Waals surface area (Å²) in [5.74, 6) is 1.37. The second-order valence-corrected chi connectivity index (χ2v) is 8.71. The highest BCUT2D eigenvalue weighted by Gasteiger charge is 2.18. The zero-order valence-corrected chi connectivity index (χ0v) is 19.6. The molecule has 1 aliphatic rings. The first-order chi connectivity index (χ1) is 16.9. The summed E-state index contributed by atoms with van der Waals surface area (Å²) in [6.45, 7) is 5.62. The van der Waals surface area contributed by atoms with E-state index in [2.05, 4.69) is 37.3 Å². The molecule has 5 rings (SSSR count). The normalized spacial score (nSPS) is 14.3. The van der Waals surface area contributed by atoms with Crippen LogP contribution in [0.2, 0.25) is 0 Å². The van der Waals surface area contributed by atoms with Crippen LogP contribution in [0.15, 0.2) is 48.7 Å². The van der Waals surface area contributed by atoms with E-state index in [9.17, 15) is 8.78 Å². The summed E-state index contributed by atoms with van der Waals surface area (Å²) < 4.78 is 28.2. The molecule has 1 fully saturated rings. The Kier molecular flexibility index (Phi) is 6.37. The molecule has 0 radical (unpaired) electrons. The lowest BCUT2D eigenvalue weighted by molar-refractivity contribution is 0.312. The van der Waals surface area contributed by atoms with E-state index >= 15 is 0 Å². The maximum absolute atomic E-state index is 14.1. The van der Waals surface area contributed by atoms with Crippen LogP contribution in [0.25, 0.3) is 11.1 Å². The van der Waals surface area contributed by atoms with Crippen molar-refractivity contribution in [1.82, 2.24) is 30.0 Å². The number of pyridine rings is 1. The van der Waals surface area contributed by atoms with Gasteiger partial charge >= 0.3 is 0 Å². The molecule has 35 heavy (non-hydrogen) atoms. The maximum Gasteiger partial charge on any atom is 0.223 e. The highest BCUT2D eigenvalue weighted by atomic mass is 19.1. The van der Waals surface area contributed by atoms with Crippen LogP contribution in [0.4, 0.5) is 26.2 Å². The molecule has 4 aromatic rings. The van der Waals surface area contributed by atoms with Crippen LogP contribution in [-0.2, 0) is 6.42 Å². The number of rotatable bonds is 6. The number of aryl methyl sites for hydroxylation is 1. The van der Waals surface area contributed by atoms with Gasteiger partial charge in [0.1, 0.15) is 23.3 Å². The molecule has 0 amide bonds. The lowest BCUT2D eigenvalue weighted by atomic mass is 10.0. The lowest BCUT2D eigenvalue weighted by Crippen LogP contribution is -2.44. The summed E-state index contributed by atoms with van der Waals surface area (Å²) in [5.41, 5.74) is 2.17. The predicted octanol–water partition coefficient (Wildman–Crippen LogP) is 3.93. The Morgan fingerprint density at radius 1 is 0.971 bits per heavy atom. The molecule has 1 saturated heterocycles. The predicted molar refractivity (Wildman–Crippen MR) is 131 cm³/mol. The minimum absolute atomic E-state index is 0.131. The van der Waals surface area contributed by atoms with Crippen molar-refractivity contribution in [2.45, 2.75) is 13.3 Å². The molecule has 4 heterocycles. The lowest BCUT2D eigenvalue weighted by Gasteiger charge is -2.33. The van der Waals surface area contributed by atoms with Crippen molar-refractivity contribution in [2.75, 3.05) is 43.4 Å². The van der Waals surface area contributed by atoms with Gasteiger partial charge in [-0.15, -0.1) is 0 Å². The quantitative estimate of drug-likeness (QED) is 0.408. The van der Waals surface area contributed by atoms with Gasteiger partial charge in [0.15, 0.2) is 5.82 Å². The first-order valence-electron chi connectivity index (χ1n) is 11.4. The van der Waals surface area contributed by atoms with Crippen LogP contribution in [-0.4, -0.2) is 63.3 Å². The second kappa shape index (κ2) is 9.75. The number of nitrogens with one attached hydrogen (secondary N) is 2. The average Bonchev–Trinajstić information content (AvgIpc) is 3.24. The van der Waals surface area contributed by atoms with Crippen LogP contribution < -0.4 is 10.2 Å². The zero-order valence-electron chi connectivity index (χ0n) is 19.6. The van der Waals surface area contributed by atoms with E-state index < -0.39 is 11.8 Å². The molecule has 0 bridgehead atoms. The SMILES string of the molecule is Cc1cc(Nc2cc(N3CCN(C)CC3)nc(Cc3ccc(-c4c(F)ccnc4F)cc3)n2)n[nH]1. The third kappa shape index (κ3) is 5.27. The van der Waals surface area contributed by atoms with E-state index in [0.29, 0.717) is 29.4 Å². The first kappa shape index (κ1) is 22.9. The molecule has 1 aromatic carbocycles. The number of piperazine rings is 1. The van der Waals surface area contributed by atoms with Gasteiger partial charge in [-0.1, -0.05) is 24.3 Å². The fourth-order valence-corrected chi connectivity index (χ4v) is 4.08. The molecule has 10 heteroatoms. The molecular formula is C25H26F2N8. The molecular weight excluding hydrogens is 450 g/mol. The third-order valence-corrected chi connectivity index (χ3v) is 6.01. The molecule has 2 N–H and O–H groups in total. The number of benzene rings is 1. The number of hydrogen-bond donors (Lipinski definition) is 2. The smallest absolute Gasteiger partial charge is 0.223 e. The molecule has 8 nitrogen and oxygen atoms in total. The zero-order chi connectivity index (χ0) is 24.4. The minimum Gasteiger partial charge on any atom is -0.354 e. The largest absolute Gasteiger partial charge is 0.354 e. The molecule has 0 spiro atoms. The summed E-state index contributed by atoms with van der Waals surface area (Å²) in [7, 11) is 2.11. The van der Waals surface area contributed by atoms with Gasteiger partial charge in [-0.05, 0) is 31.2 Å². The summed E-state index contributed by atoms with van der Waals surface area (Å²) in [6.07, 6.45) is 1.58. The topological polar surface area (TPSA) is 85.9 Å². The third-order valence-electron chi connectivity index (χ3n) is 6.01. The Labute approximate surface area is 202 Å². The summed E-state index contributed by atoms with van der Waals surface area (Å²) in [5, 5.41) is 10.4.